The summed E-state index contributed by atoms with van der Waals surface area (Å²) in [4.78, 5) is 2.29. The molecule has 0 radical (unpaired) electrons. The summed E-state index contributed by atoms with van der Waals surface area (Å²) < 4.78 is 63.7. The van der Waals surface area contributed by atoms with Crippen LogP contribution in [-0.2, 0) is 6.18 Å². The third-order valence-corrected chi connectivity index (χ3v) is 6.49. The minimum absolute atomic E-state index is 0.212. The van der Waals surface area contributed by atoms with Crippen LogP contribution in [0.1, 0.15) is 41.7 Å². The first-order valence-corrected chi connectivity index (χ1v) is 11.5. The number of fused-ring (bicyclic) bond motifs is 1. The summed E-state index contributed by atoms with van der Waals surface area (Å²) in [6, 6.07) is 19.0. The Kier molecular flexibility index (Phi) is 6.47. The van der Waals surface area contributed by atoms with E-state index in [0.717, 1.165) is 54.7 Å². The van der Waals surface area contributed by atoms with Gasteiger partial charge in [0.1, 0.15) is 17.7 Å². The number of nitrogens with zero attached hydrogens (tertiary/aromatic N) is 2. The lowest BCUT2D eigenvalue weighted by Crippen LogP contribution is -2.37. The molecule has 4 aromatic rings. The molecule has 1 unspecified atom stereocenters. The first-order valence-electron chi connectivity index (χ1n) is 11.5. The molecule has 0 N–H and O–H groups in total. The third kappa shape index (κ3) is 5.32. The average Bonchev–Trinajstić information content (AvgIpc) is 3.27. The van der Waals surface area contributed by atoms with Crippen molar-refractivity contribution in [1.82, 2.24) is 10.1 Å². The molecule has 5 rings (SSSR count). The van der Waals surface area contributed by atoms with Gasteiger partial charge in [-0.05, 0) is 67.9 Å². The van der Waals surface area contributed by atoms with Crippen molar-refractivity contribution in [1.29, 1.82) is 0 Å². The largest absolute Gasteiger partial charge is 0.484 e. The number of likely N-dealkylation sites (tertiary alicyclic amines) is 1. The van der Waals surface area contributed by atoms with Crippen LogP contribution in [0.4, 0.5) is 17.6 Å². The van der Waals surface area contributed by atoms with Crippen molar-refractivity contribution < 1.29 is 26.8 Å². The van der Waals surface area contributed by atoms with E-state index >= 15 is 0 Å². The Balaban J connectivity index is 1.27. The highest BCUT2D eigenvalue weighted by atomic mass is 19.4. The van der Waals surface area contributed by atoms with Crippen molar-refractivity contribution in [3.63, 3.8) is 0 Å². The maximum atomic E-state index is 13.5. The van der Waals surface area contributed by atoms with Crippen molar-refractivity contribution in [3.05, 3.63) is 95.4 Å². The molecule has 2 heterocycles. The number of aromatic nitrogens is 1. The fourth-order valence-electron chi connectivity index (χ4n) is 4.61. The predicted molar refractivity (Wildman–Crippen MR) is 124 cm³/mol. The number of benzene rings is 3. The molecular formula is C27H24F4N2O2. The second-order valence-electron chi connectivity index (χ2n) is 8.82. The van der Waals surface area contributed by atoms with Gasteiger partial charge in [0.25, 0.3) is 0 Å². The van der Waals surface area contributed by atoms with Crippen molar-refractivity contribution in [2.75, 3.05) is 19.6 Å². The van der Waals surface area contributed by atoms with E-state index in [1.165, 1.54) is 24.3 Å². The summed E-state index contributed by atoms with van der Waals surface area (Å²) >= 11 is 0. The van der Waals surface area contributed by atoms with Crippen LogP contribution < -0.4 is 4.74 Å². The van der Waals surface area contributed by atoms with Crippen molar-refractivity contribution in [2.45, 2.75) is 31.0 Å². The monoisotopic (exact) mass is 484 g/mol. The molecule has 0 saturated carbocycles. The van der Waals surface area contributed by atoms with Gasteiger partial charge in [-0.2, -0.15) is 13.2 Å². The summed E-state index contributed by atoms with van der Waals surface area (Å²) in [5.41, 5.74) is 1.57. The molecule has 1 aromatic heterocycles. The smallest absolute Gasteiger partial charge is 0.416 e. The maximum absolute atomic E-state index is 13.5. The molecule has 3 aromatic carbocycles. The molecule has 1 aliphatic rings. The van der Waals surface area contributed by atoms with Crippen LogP contribution in [0, 0.1) is 5.82 Å². The van der Waals surface area contributed by atoms with Crippen LogP contribution in [0.25, 0.3) is 11.0 Å². The SMILES string of the molecule is Fc1ccc2c(C3CCN(CC(Oc4ccc(C(F)(F)F)cc4)c4ccccc4)CC3)noc2c1. The number of hydrogen-bond acceptors (Lipinski definition) is 4. The molecule has 8 heteroatoms. The van der Waals surface area contributed by atoms with Gasteiger partial charge in [0, 0.05) is 23.9 Å². The standard InChI is InChI=1S/C27H24F4N2O2/c28-21-8-11-23-24(16-21)35-32-26(23)19-12-14-33(15-13-19)17-25(18-4-2-1-3-5-18)34-22-9-6-20(7-10-22)27(29,30)31/h1-11,16,19,25H,12-15,17H2. The van der Waals surface area contributed by atoms with E-state index in [4.69, 9.17) is 9.26 Å². The highest BCUT2D eigenvalue weighted by Crippen LogP contribution is 2.35. The van der Waals surface area contributed by atoms with Gasteiger partial charge in [-0.1, -0.05) is 35.5 Å². The second-order valence-corrected chi connectivity index (χ2v) is 8.82. The summed E-state index contributed by atoms with van der Waals surface area (Å²) in [6.45, 7) is 2.21. The minimum atomic E-state index is -4.38. The number of hydrogen-bond donors (Lipinski definition) is 0. The molecule has 0 bridgehead atoms. The Labute approximate surface area is 200 Å². The van der Waals surface area contributed by atoms with Gasteiger partial charge in [0.15, 0.2) is 5.58 Å². The molecule has 0 amide bonds. The van der Waals surface area contributed by atoms with Gasteiger partial charge in [-0.25, -0.2) is 4.39 Å². The zero-order valence-corrected chi connectivity index (χ0v) is 18.8. The lowest BCUT2D eigenvalue weighted by Gasteiger charge is -2.34. The normalized spacial score (nSPS) is 16.5. The van der Waals surface area contributed by atoms with Gasteiger partial charge < -0.3 is 9.26 Å². The fourth-order valence-corrected chi connectivity index (χ4v) is 4.61. The Morgan fingerprint density at radius 1 is 0.971 bits per heavy atom. The summed E-state index contributed by atoms with van der Waals surface area (Å²) in [5.74, 6) is 0.252. The van der Waals surface area contributed by atoms with Crippen LogP contribution in [-0.4, -0.2) is 29.7 Å². The van der Waals surface area contributed by atoms with E-state index in [2.05, 4.69) is 10.1 Å². The lowest BCUT2D eigenvalue weighted by molar-refractivity contribution is -0.137. The minimum Gasteiger partial charge on any atom is -0.484 e. The highest BCUT2D eigenvalue weighted by molar-refractivity contribution is 5.79. The second kappa shape index (κ2) is 9.70. The van der Waals surface area contributed by atoms with Crippen LogP contribution in [0.2, 0.25) is 0 Å². The highest BCUT2D eigenvalue weighted by Gasteiger charge is 2.31. The summed E-state index contributed by atoms with van der Waals surface area (Å²) in [5, 5.41) is 5.05. The molecule has 1 atom stereocenters. The van der Waals surface area contributed by atoms with Crippen LogP contribution >= 0.6 is 0 Å². The number of halogens is 4. The number of piperidine rings is 1. The van der Waals surface area contributed by atoms with Crippen molar-refractivity contribution >= 4 is 11.0 Å². The Morgan fingerprint density at radius 2 is 1.69 bits per heavy atom. The van der Waals surface area contributed by atoms with Crippen LogP contribution in [0.15, 0.2) is 77.3 Å². The number of rotatable bonds is 6. The topological polar surface area (TPSA) is 38.5 Å². The number of ether oxygens (including phenoxy) is 1. The van der Waals surface area contributed by atoms with Gasteiger partial charge in [-0.3, -0.25) is 4.90 Å². The lowest BCUT2D eigenvalue weighted by atomic mass is 9.91. The summed E-state index contributed by atoms with van der Waals surface area (Å²) in [7, 11) is 0. The van der Waals surface area contributed by atoms with Gasteiger partial charge in [0.2, 0.25) is 0 Å². The van der Waals surface area contributed by atoms with E-state index in [1.54, 1.807) is 6.07 Å². The van der Waals surface area contributed by atoms with Crippen LogP contribution in [0.3, 0.4) is 0 Å². The molecule has 1 saturated heterocycles. The molecule has 1 aliphatic heterocycles. The maximum Gasteiger partial charge on any atom is 0.416 e. The number of alkyl halides is 3. The Bertz CT molecular complexity index is 1260. The van der Waals surface area contributed by atoms with Crippen LogP contribution in [0.5, 0.6) is 5.75 Å². The third-order valence-electron chi connectivity index (χ3n) is 6.49. The molecule has 1 fully saturated rings. The molecular weight excluding hydrogens is 460 g/mol. The molecule has 4 nitrogen and oxygen atoms in total. The van der Waals surface area contributed by atoms with E-state index in [1.807, 2.05) is 30.3 Å². The zero-order chi connectivity index (χ0) is 24.4. The van der Waals surface area contributed by atoms with E-state index in [-0.39, 0.29) is 17.8 Å². The van der Waals surface area contributed by atoms with E-state index in [0.29, 0.717) is 17.9 Å². The first kappa shape index (κ1) is 23.4. The molecule has 0 aliphatic carbocycles. The molecule has 35 heavy (non-hydrogen) atoms. The average molecular weight is 484 g/mol. The van der Waals surface area contributed by atoms with Crippen molar-refractivity contribution in [2.24, 2.45) is 0 Å². The molecule has 0 spiro atoms. The summed E-state index contributed by atoms with van der Waals surface area (Å²) in [6.07, 6.45) is -2.99. The van der Waals surface area contributed by atoms with Gasteiger partial charge >= 0.3 is 6.18 Å². The predicted octanol–water partition coefficient (Wildman–Crippen LogP) is 6.99. The van der Waals surface area contributed by atoms with Crippen molar-refractivity contribution in [3.8, 4) is 5.75 Å². The van der Waals surface area contributed by atoms with E-state index in [9.17, 15) is 17.6 Å². The molecule has 182 valence electrons. The van der Waals surface area contributed by atoms with Gasteiger partial charge in [0.05, 0.1) is 11.3 Å². The fraction of sp³-hybridized carbons (Fsp3) is 0.296. The quantitative estimate of drug-likeness (QED) is 0.277. The Morgan fingerprint density at radius 3 is 2.37 bits per heavy atom. The van der Waals surface area contributed by atoms with E-state index < -0.39 is 11.7 Å². The zero-order valence-electron chi connectivity index (χ0n) is 18.8. The Hall–Kier alpha value is -3.39. The first-order chi connectivity index (χ1) is 16.9. The van der Waals surface area contributed by atoms with Gasteiger partial charge in [-0.15, -0.1) is 0 Å².